The van der Waals surface area contributed by atoms with Crippen molar-refractivity contribution in [2.45, 2.75) is 26.9 Å². The largest absolute Gasteiger partial charge is 0.462 e. The van der Waals surface area contributed by atoms with Crippen LogP contribution in [0.5, 0.6) is 0 Å². The van der Waals surface area contributed by atoms with Crippen LogP contribution in [0.1, 0.15) is 29.1 Å². The maximum absolute atomic E-state index is 12.1. The van der Waals surface area contributed by atoms with E-state index >= 15 is 0 Å². The molecule has 0 spiro atoms. The van der Waals surface area contributed by atoms with Gasteiger partial charge in [0.2, 0.25) is 0 Å². The second kappa shape index (κ2) is 6.18. The van der Waals surface area contributed by atoms with E-state index in [0.29, 0.717) is 18.1 Å². The molecule has 22 heavy (non-hydrogen) atoms. The van der Waals surface area contributed by atoms with Gasteiger partial charge in [-0.05, 0) is 26.3 Å². The van der Waals surface area contributed by atoms with Crippen molar-refractivity contribution in [3.05, 3.63) is 16.8 Å². The molecule has 0 bridgehead atoms. The van der Waals surface area contributed by atoms with Crippen molar-refractivity contribution in [3.63, 3.8) is 0 Å². The highest BCUT2D eigenvalue weighted by molar-refractivity contribution is 7.20. The lowest BCUT2D eigenvalue weighted by Crippen LogP contribution is -2.41. The molecule has 1 aliphatic rings. The molecular weight excluding hydrogens is 302 g/mol. The predicted octanol–water partition coefficient (Wildman–Crippen LogP) is 2.40. The van der Waals surface area contributed by atoms with E-state index in [0.717, 1.165) is 34.7 Å². The van der Waals surface area contributed by atoms with Crippen LogP contribution < -0.4 is 4.90 Å². The Kier molecular flexibility index (Phi) is 4.26. The van der Waals surface area contributed by atoms with Crippen LogP contribution in [-0.2, 0) is 9.47 Å². The van der Waals surface area contributed by atoms with Crippen molar-refractivity contribution < 1.29 is 14.3 Å². The quantitative estimate of drug-likeness (QED) is 0.809. The van der Waals surface area contributed by atoms with Crippen molar-refractivity contribution in [1.82, 2.24) is 9.97 Å². The topological polar surface area (TPSA) is 64.5 Å². The second-order valence-electron chi connectivity index (χ2n) is 5.28. The smallest absolute Gasteiger partial charge is 0.348 e. The van der Waals surface area contributed by atoms with E-state index in [4.69, 9.17) is 9.47 Å². The number of nitrogens with zero attached hydrogens (tertiary/aromatic N) is 3. The predicted molar refractivity (Wildman–Crippen MR) is 85.7 cm³/mol. The average molecular weight is 321 g/mol. The molecule has 3 rings (SSSR count). The van der Waals surface area contributed by atoms with Gasteiger partial charge in [0.25, 0.3) is 0 Å². The Balaban J connectivity index is 2.06. The maximum Gasteiger partial charge on any atom is 0.348 e. The normalized spacial score (nSPS) is 18.7. The molecule has 0 aliphatic carbocycles. The van der Waals surface area contributed by atoms with Gasteiger partial charge in [0.15, 0.2) is 0 Å². The number of esters is 1. The number of thiophene rings is 1. The zero-order chi connectivity index (χ0) is 15.7. The van der Waals surface area contributed by atoms with E-state index in [9.17, 15) is 4.79 Å². The van der Waals surface area contributed by atoms with Gasteiger partial charge in [0.05, 0.1) is 24.7 Å². The third kappa shape index (κ3) is 2.66. The highest BCUT2D eigenvalue weighted by Gasteiger charge is 2.25. The Labute approximate surface area is 133 Å². The summed E-state index contributed by atoms with van der Waals surface area (Å²) in [6.07, 6.45) is 1.73. The van der Waals surface area contributed by atoms with Crippen molar-refractivity contribution in [3.8, 4) is 0 Å². The summed E-state index contributed by atoms with van der Waals surface area (Å²) in [6, 6.07) is 0. The number of rotatable bonds is 3. The number of carbonyl (C=O) groups excluding carboxylic acids is 1. The van der Waals surface area contributed by atoms with Crippen molar-refractivity contribution >= 4 is 33.3 Å². The molecule has 1 aliphatic heterocycles. The minimum absolute atomic E-state index is 0.169. The molecule has 2 aromatic heterocycles. The third-order valence-electron chi connectivity index (χ3n) is 3.71. The fourth-order valence-corrected chi connectivity index (χ4v) is 3.73. The van der Waals surface area contributed by atoms with Crippen LogP contribution in [0.25, 0.3) is 10.2 Å². The van der Waals surface area contributed by atoms with Crippen LogP contribution in [0.2, 0.25) is 0 Å². The highest BCUT2D eigenvalue weighted by atomic mass is 32.1. The molecule has 0 amide bonds. The van der Waals surface area contributed by atoms with Gasteiger partial charge >= 0.3 is 5.97 Å². The van der Waals surface area contributed by atoms with Crippen LogP contribution in [-0.4, -0.2) is 48.3 Å². The molecule has 1 fully saturated rings. The number of anilines is 1. The summed E-state index contributed by atoms with van der Waals surface area (Å²) in [5, 5.41) is 0.949. The molecule has 0 radical (unpaired) electrons. The van der Waals surface area contributed by atoms with Crippen LogP contribution in [0.3, 0.4) is 0 Å². The molecule has 1 atom stereocenters. The molecule has 1 unspecified atom stereocenters. The number of hydrogen-bond donors (Lipinski definition) is 0. The number of carbonyl (C=O) groups is 1. The molecule has 118 valence electrons. The Morgan fingerprint density at radius 3 is 3.09 bits per heavy atom. The van der Waals surface area contributed by atoms with Gasteiger partial charge in [-0.15, -0.1) is 11.3 Å². The first-order valence-corrected chi connectivity index (χ1v) is 8.21. The average Bonchev–Trinajstić information content (AvgIpc) is 2.85. The second-order valence-corrected chi connectivity index (χ2v) is 6.28. The van der Waals surface area contributed by atoms with E-state index in [-0.39, 0.29) is 12.1 Å². The lowest BCUT2D eigenvalue weighted by atomic mass is 10.2. The van der Waals surface area contributed by atoms with Crippen molar-refractivity contribution in [2.75, 3.05) is 31.2 Å². The van der Waals surface area contributed by atoms with E-state index in [1.807, 2.05) is 6.92 Å². The minimum atomic E-state index is -0.288. The fraction of sp³-hybridized carbons (Fsp3) is 0.533. The van der Waals surface area contributed by atoms with Gasteiger partial charge in [-0.3, -0.25) is 0 Å². The number of aromatic nitrogens is 2. The lowest BCUT2D eigenvalue weighted by molar-refractivity contribution is 0.0525. The van der Waals surface area contributed by atoms with Gasteiger partial charge in [-0.1, -0.05) is 0 Å². The molecule has 0 aromatic carbocycles. The summed E-state index contributed by atoms with van der Waals surface area (Å²) >= 11 is 1.37. The molecule has 6 nitrogen and oxygen atoms in total. The number of aryl methyl sites for hydroxylation is 1. The number of morpholine rings is 1. The summed E-state index contributed by atoms with van der Waals surface area (Å²) in [4.78, 5) is 24.5. The zero-order valence-corrected chi connectivity index (χ0v) is 13.8. The standard InChI is InChI=1S/C15H19N3O3S/c1-4-20-15(19)12-10(3)11-13(16-8-17-14(11)22-12)18-5-6-21-9(2)7-18/h8-9H,4-7H2,1-3H3. The van der Waals surface area contributed by atoms with Gasteiger partial charge in [0, 0.05) is 13.1 Å². The maximum atomic E-state index is 12.1. The number of fused-ring (bicyclic) bond motifs is 1. The Morgan fingerprint density at radius 2 is 2.36 bits per heavy atom. The van der Waals surface area contributed by atoms with Crippen LogP contribution >= 0.6 is 11.3 Å². The lowest BCUT2D eigenvalue weighted by Gasteiger charge is -2.32. The number of hydrogen-bond acceptors (Lipinski definition) is 7. The molecular formula is C15H19N3O3S. The third-order valence-corrected chi connectivity index (χ3v) is 4.89. The monoisotopic (exact) mass is 321 g/mol. The highest BCUT2D eigenvalue weighted by Crippen LogP contribution is 2.35. The van der Waals surface area contributed by atoms with E-state index in [1.165, 1.54) is 11.3 Å². The van der Waals surface area contributed by atoms with Gasteiger partial charge in [0.1, 0.15) is 21.9 Å². The fourth-order valence-electron chi connectivity index (χ4n) is 2.69. The van der Waals surface area contributed by atoms with E-state index in [2.05, 4.69) is 21.8 Å². The summed E-state index contributed by atoms with van der Waals surface area (Å²) in [7, 11) is 0. The molecule has 1 saturated heterocycles. The van der Waals surface area contributed by atoms with Crippen LogP contribution in [0.4, 0.5) is 5.82 Å². The molecule has 2 aromatic rings. The van der Waals surface area contributed by atoms with Gasteiger partial charge < -0.3 is 14.4 Å². The zero-order valence-electron chi connectivity index (χ0n) is 13.0. The van der Waals surface area contributed by atoms with Crippen LogP contribution in [0.15, 0.2) is 6.33 Å². The van der Waals surface area contributed by atoms with E-state index < -0.39 is 0 Å². The van der Waals surface area contributed by atoms with Crippen molar-refractivity contribution in [2.24, 2.45) is 0 Å². The molecule has 0 N–H and O–H groups in total. The first-order chi connectivity index (χ1) is 10.6. The number of ether oxygens (including phenoxy) is 2. The summed E-state index contributed by atoms with van der Waals surface area (Å²) in [5.74, 6) is 0.591. The SMILES string of the molecule is CCOC(=O)c1sc2ncnc(N3CCOC(C)C3)c2c1C. The van der Waals surface area contributed by atoms with Crippen molar-refractivity contribution in [1.29, 1.82) is 0 Å². The first-order valence-electron chi connectivity index (χ1n) is 7.39. The molecule has 7 heteroatoms. The molecule has 0 saturated carbocycles. The summed E-state index contributed by atoms with van der Waals surface area (Å²) in [6.45, 7) is 8.42. The summed E-state index contributed by atoms with van der Waals surface area (Å²) in [5.41, 5.74) is 0.896. The Hall–Kier alpha value is -1.73. The Morgan fingerprint density at radius 1 is 1.55 bits per heavy atom. The van der Waals surface area contributed by atoms with Gasteiger partial charge in [-0.2, -0.15) is 0 Å². The minimum Gasteiger partial charge on any atom is -0.462 e. The molecule has 3 heterocycles. The van der Waals surface area contributed by atoms with Crippen LogP contribution in [0, 0.1) is 6.92 Å². The summed E-state index contributed by atoms with van der Waals surface area (Å²) < 4.78 is 10.7. The first kappa shape index (κ1) is 15.2. The Bertz CT molecular complexity index is 701. The van der Waals surface area contributed by atoms with Gasteiger partial charge in [-0.25, -0.2) is 14.8 Å². The van der Waals surface area contributed by atoms with E-state index in [1.54, 1.807) is 13.3 Å².